The zero-order chi connectivity index (χ0) is 14.3. The van der Waals surface area contributed by atoms with Gasteiger partial charge in [0.1, 0.15) is 0 Å². The smallest absolute Gasteiger partial charge is 0.173 e. The summed E-state index contributed by atoms with van der Waals surface area (Å²) in [6, 6.07) is 19.8. The SMILES string of the molecule is O=C(c1ccc2ncccc2c1)C1(c2ccccc2)CC1. The topological polar surface area (TPSA) is 30.0 Å². The van der Waals surface area contributed by atoms with Crippen LogP contribution in [0.1, 0.15) is 28.8 Å². The van der Waals surface area contributed by atoms with Crippen molar-refractivity contribution in [3.05, 3.63) is 78.0 Å². The van der Waals surface area contributed by atoms with E-state index in [4.69, 9.17) is 0 Å². The number of ketones is 1. The van der Waals surface area contributed by atoms with Gasteiger partial charge in [-0.1, -0.05) is 36.4 Å². The van der Waals surface area contributed by atoms with Crippen molar-refractivity contribution in [1.29, 1.82) is 0 Å². The van der Waals surface area contributed by atoms with E-state index in [0.717, 1.165) is 34.9 Å². The summed E-state index contributed by atoms with van der Waals surface area (Å²) in [5.41, 5.74) is 2.56. The van der Waals surface area contributed by atoms with Crippen LogP contribution in [0.5, 0.6) is 0 Å². The molecule has 1 heterocycles. The molecular formula is C19H15NO. The Balaban J connectivity index is 1.77. The summed E-state index contributed by atoms with van der Waals surface area (Å²) in [5.74, 6) is 0.236. The second kappa shape index (κ2) is 4.52. The molecule has 1 aliphatic carbocycles. The molecule has 102 valence electrons. The van der Waals surface area contributed by atoms with Gasteiger partial charge in [0.25, 0.3) is 0 Å². The molecule has 1 fully saturated rings. The van der Waals surface area contributed by atoms with E-state index in [1.807, 2.05) is 48.5 Å². The number of Topliss-reactive ketones (excluding diaryl/α,β-unsaturated/α-hetero) is 1. The minimum absolute atomic E-state index is 0.236. The lowest BCUT2D eigenvalue weighted by molar-refractivity contribution is 0.0946. The first kappa shape index (κ1) is 12.3. The van der Waals surface area contributed by atoms with Gasteiger partial charge in [-0.25, -0.2) is 0 Å². The number of fused-ring (bicyclic) bond motifs is 1. The Morgan fingerprint density at radius 3 is 2.52 bits per heavy atom. The van der Waals surface area contributed by atoms with Crippen molar-refractivity contribution in [2.75, 3.05) is 0 Å². The third-order valence-corrected chi connectivity index (χ3v) is 4.38. The molecule has 1 aromatic heterocycles. The van der Waals surface area contributed by atoms with Gasteiger partial charge in [0.2, 0.25) is 0 Å². The fraction of sp³-hybridized carbons (Fsp3) is 0.158. The molecular weight excluding hydrogens is 258 g/mol. The highest BCUT2D eigenvalue weighted by Gasteiger charge is 2.51. The van der Waals surface area contributed by atoms with E-state index in [-0.39, 0.29) is 11.2 Å². The van der Waals surface area contributed by atoms with Crippen LogP contribution in [0.2, 0.25) is 0 Å². The number of aromatic nitrogens is 1. The fourth-order valence-electron chi connectivity index (χ4n) is 3.02. The minimum atomic E-state index is -0.294. The third-order valence-electron chi connectivity index (χ3n) is 4.38. The average Bonchev–Trinajstić information content (AvgIpc) is 3.36. The molecule has 0 radical (unpaired) electrons. The monoisotopic (exact) mass is 273 g/mol. The third kappa shape index (κ3) is 1.95. The van der Waals surface area contributed by atoms with Crippen LogP contribution in [0.25, 0.3) is 10.9 Å². The van der Waals surface area contributed by atoms with Crippen molar-refractivity contribution in [1.82, 2.24) is 4.98 Å². The summed E-state index contributed by atoms with van der Waals surface area (Å²) in [5, 5.41) is 1.02. The molecule has 0 bridgehead atoms. The van der Waals surface area contributed by atoms with Crippen LogP contribution in [0.4, 0.5) is 0 Å². The Bertz CT molecular complexity index is 819. The second-order valence-corrected chi connectivity index (χ2v) is 5.69. The maximum Gasteiger partial charge on any atom is 0.173 e. The number of hydrogen-bond donors (Lipinski definition) is 0. The predicted octanol–water partition coefficient (Wildman–Crippen LogP) is 4.15. The van der Waals surface area contributed by atoms with Crippen LogP contribution in [0, 0.1) is 0 Å². The largest absolute Gasteiger partial charge is 0.293 e. The molecule has 3 aromatic rings. The standard InChI is InChI=1S/C19H15NO/c21-18(19(10-11-19)16-6-2-1-3-7-16)15-8-9-17-14(13-15)5-4-12-20-17/h1-9,12-13H,10-11H2. The molecule has 4 rings (SSSR count). The summed E-state index contributed by atoms with van der Waals surface area (Å²) < 4.78 is 0. The number of hydrogen-bond acceptors (Lipinski definition) is 2. The number of pyridine rings is 1. The van der Waals surface area contributed by atoms with Crippen LogP contribution < -0.4 is 0 Å². The molecule has 2 aromatic carbocycles. The fourth-order valence-corrected chi connectivity index (χ4v) is 3.02. The van der Waals surface area contributed by atoms with Gasteiger partial charge < -0.3 is 0 Å². The number of benzene rings is 2. The molecule has 0 atom stereocenters. The molecule has 0 aliphatic heterocycles. The summed E-state index contributed by atoms with van der Waals surface area (Å²) in [6.07, 6.45) is 3.66. The Hall–Kier alpha value is -2.48. The van der Waals surface area contributed by atoms with Gasteiger partial charge in [-0.2, -0.15) is 0 Å². The first-order chi connectivity index (χ1) is 10.3. The highest BCUT2D eigenvalue weighted by molar-refractivity contribution is 6.07. The first-order valence-electron chi connectivity index (χ1n) is 7.25. The van der Waals surface area contributed by atoms with Crippen LogP contribution in [-0.4, -0.2) is 10.8 Å². The van der Waals surface area contributed by atoms with Crippen molar-refractivity contribution in [2.45, 2.75) is 18.3 Å². The summed E-state index contributed by atoms with van der Waals surface area (Å²) in [4.78, 5) is 17.3. The van der Waals surface area contributed by atoms with Gasteiger partial charge in [0, 0.05) is 17.1 Å². The first-order valence-corrected chi connectivity index (χ1v) is 7.25. The van der Waals surface area contributed by atoms with E-state index in [2.05, 4.69) is 17.1 Å². The minimum Gasteiger partial charge on any atom is -0.293 e. The summed E-state index contributed by atoms with van der Waals surface area (Å²) >= 11 is 0. The van der Waals surface area contributed by atoms with Crippen molar-refractivity contribution in [3.63, 3.8) is 0 Å². The Morgan fingerprint density at radius 1 is 0.952 bits per heavy atom. The van der Waals surface area contributed by atoms with Crippen molar-refractivity contribution < 1.29 is 4.79 Å². The van der Waals surface area contributed by atoms with Gasteiger partial charge in [0.15, 0.2) is 5.78 Å². The maximum absolute atomic E-state index is 13.0. The zero-order valence-electron chi connectivity index (χ0n) is 11.6. The van der Waals surface area contributed by atoms with E-state index >= 15 is 0 Å². The van der Waals surface area contributed by atoms with Gasteiger partial charge >= 0.3 is 0 Å². The number of rotatable bonds is 3. The predicted molar refractivity (Wildman–Crippen MR) is 83.4 cm³/mol. The summed E-state index contributed by atoms with van der Waals surface area (Å²) in [7, 11) is 0. The Morgan fingerprint density at radius 2 is 1.76 bits per heavy atom. The van der Waals surface area contributed by atoms with Crippen LogP contribution in [-0.2, 0) is 5.41 Å². The maximum atomic E-state index is 13.0. The molecule has 1 aliphatic rings. The van der Waals surface area contributed by atoms with Crippen LogP contribution >= 0.6 is 0 Å². The summed E-state index contributed by atoms with van der Waals surface area (Å²) in [6.45, 7) is 0. The van der Waals surface area contributed by atoms with E-state index in [0.29, 0.717) is 0 Å². The average molecular weight is 273 g/mol. The lowest BCUT2D eigenvalue weighted by Gasteiger charge is -2.14. The highest BCUT2D eigenvalue weighted by atomic mass is 16.1. The molecule has 0 unspecified atom stereocenters. The molecule has 21 heavy (non-hydrogen) atoms. The lowest BCUT2D eigenvalue weighted by atomic mass is 9.87. The van der Waals surface area contributed by atoms with Crippen LogP contribution in [0.15, 0.2) is 66.9 Å². The Kier molecular flexibility index (Phi) is 2.64. The van der Waals surface area contributed by atoms with Crippen molar-refractivity contribution >= 4 is 16.7 Å². The number of nitrogens with zero attached hydrogens (tertiary/aromatic N) is 1. The van der Waals surface area contributed by atoms with Gasteiger partial charge in [0.05, 0.1) is 10.9 Å². The normalized spacial score (nSPS) is 15.8. The van der Waals surface area contributed by atoms with Crippen molar-refractivity contribution in [2.24, 2.45) is 0 Å². The van der Waals surface area contributed by atoms with Crippen LogP contribution in [0.3, 0.4) is 0 Å². The van der Waals surface area contributed by atoms with Crippen molar-refractivity contribution in [3.8, 4) is 0 Å². The van der Waals surface area contributed by atoms with E-state index < -0.39 is 0 Å². The quantitative estimate of drug-likeness (QED) is 0.671. The lowest BCUT2D eigenvalue weighted by Crippen LogP contribution is -2.20. The highest BCUT2D eigenvalue weighted by Crippen LogP contribution is 2.50. The van der Waals surface area contributed by atoms with Gasteiger partial charge in [-0.3, -0.25) is 9.78 Å². The van der Waals surface area contributed by atoms with Gasteiger partial charge in [-0.05, 0) is 42.7 Å². The zero-order valence-corrected chi connectivity index (χ0v) is 11.6. The molecule has 0 amide bonds. The molecule has 0 spiro atoms. The number of carbonyl (C=O) groups is 1. The molecule has 0 saturated heterocycles. The molecule has 0 N–H and O–H groups in total. The molecule has 2 heteroatoms. The second-order valence-electron chi connectivity index (χ2n) is 5.69. The van der Waals surface area contributed by atoms with Gasteiger partial charge in [-0.15, -0.1) is 0 Å². The van der Waals surface area contributed by atoms with E-state index in [1.54, 1.807) is 6.20 Å². The number of carbonyl (C=O) groups excluding carboxylic acids is 1. The molecule has 1 saturated carbocycles. The van der Waals surface area contributed by atoms with E-state index in [1.165, 1.54) is 0 Å². The molecule has 2 nitrogen and oxygen atoms in total. The Labute approximate surface area is 123 Å². The van der Waals surface area contributed by atoms with E-state index in [9.17, 15) is 4.79 Å².